The van der Waals surface area contributed by atoms with Crippen LogP contribution in [-0.2, 0) is 25.5 Å². The number of nitrogens with zero attached hydrogens (tertiary/aromatic N) is 1. The smallest absolute Gasteiger partial charge is 0.309 e. The first kappa shape index (κ1) is 22.1. The number of hydrogen-bond acceptors (Lipinski definition) is 5. The summed E-state index contributed by atoms with van der Waals surface area (Å²) in [4.78, 5) is 28.7. The first-order valence-electron chi connectivity index (χ1n) is 12.0. The number of fused-ring (bicyclic) bond motifs is 3. The molecule has 2 aliphatic carbocycles. The number of ether oxygens (including phenoxy) is 2. The molecule has 3 aliphatic rings. The number of rotatable bonds is 5. The molecule has 0 radical (unpaired) electrons. The molecule has 2 heterocycles. The van der Waals surface area contributed by atoms with Crippen LogP contribution in [-0.4, -0.2) is 29.6 Å². The maximum Gasteiger partial charge on any atom is 0.309 e. The van der Waals surface area contributed by atoms with Gasteiger partial charge in [-0.05, 0) is 80.0 Å². The van der Waals surface area contributed by atoms with E-state index in [9.17, 15) is 14.0 Å². The lowest BCUT2D eigenvalue weighted by molar-refractivity contribution is -0.146. The molecule has 33 heavy (non-hydrogen) atoms. The van der Waals surface area contributed by atoms with Crippen LogP contribution in [0.5, 0.6) is 0 Å². The summed E-state index contributed by atoms with van der Waals surface area (Å²) in [5, 5.41) is 0. The van der Waals surface area contributed by atoms with Crippen molar-refractivity contribution < 1.29 is 23.5 Å². The maximum absolute atomic E-state index is 13.6. The number of carbonyl (C=O) groups excluding carboxylic acids is 2. The Balaban J connectivity index is 1.35. The number of pyridine rings is 1. The van der Waals surface area contributed by atoms with Crippen molar-refractivity contribution in [2.75, 3.05) is 6.61 Å². The zero-order valence-electron chi connectivity index (χ0n) is 19.1. The highest BCUT2D eigenvalue weighted by Gasteiger charge is 2.58. The molecule has 3 fully saturated rings. The zero-order chi connectivity index (χ0) is 23.1. The molecule has 0 bridgehead atoms. The highest BCUT2D eigenvalue weighted by atomic mass is 19.1. The summed E-state index contributed by atoms with van der Waals surface area (Å²) in [6.45, 7) is 3.84. The van der Waals surface area contributed by atoms with Gasteiger partial charge in [-0.2, -0.15) is 0 Å². The van der Waals surface area contributed by atoms with Crippen molar-refractivity contribution in [3.8, 4) is 11.1 Å². The van der Waals surface area contributed by atoms with Crippen LogP contribution in [0.2, 0.25) is 0 Å². The number of halogens is 1. The first-order valence-corrected chi connectivity index (χ1v) is 12.0. The van der Waals surface area contributed by atoms with Crippen molar-refractivity contribution in [3.63, 3.8) is 0 Å². The predicted molar refractivity (Wildman–Crippen MR) is 120 cm³/mol. The number of benzene rings is 1. The highest BCUT2D eigenvalue weighted by Crippen LogP contribution is 2.57. The highest BCUT2D eigenvalue weighted by molar-refractivity contribution is 5.75. The van der Waals surface area contributed by atoms with E-state index in [2.05, 4.69) is 0 Å². The standard InChI is InChI=1S/C27H30FNO4/c1-15-25-24(27(31)33-15)12-20(14-32-16(2)30)23-9-7-18(26(23)25)11-22-8-6-19(13-29-22)17-4-3-5-21(28)10-17/h3-6,8,10,13,15,18,20,23-26H,7,9,11-12,14H2,1-2H3/t15-,18?,20-,23?,24-,25-,26+/m1/s1. The van der Waals surface area contributed by atoms with E-state index in [1.807, 2.05) is 31.3 Å². The first-order chi connectivity index (χ1) is 15.9. The van der Waals surface area contributed by atoms with Gasteiger partial charge in [0.1, 0.15) is 11.9 Å². The fourth-order valence-corrected chi connectivity index (χ4v) is 6.77. The van der Waals surface area contributed by atoms with Gasteiger partial charge >= 0.3 is 11.9 Å². The van der Waals surface area contributed by atoms with Gasteiger partial charge in [-0.3, -0.25) is 14.6 Å². The Morgan fingerprint density at radius 3 is 2.73 bits per heavy atom. The Kier molecular flexibility index (Phi) is 5.94. The summed E-state index contributed by atoms with van der Waals surface area (Å²) >= 11 is 0. The molecule has 2 unspecified atom stereocenters. The van der Waals surface area contributed by atoms with Crippen LogP contribution in [0.3, 0.4) is 0 Å². The second-order valence-corrected chi connectivity index (χ2v) is 9.96. The minimum Gasteiger partial charge on any atom is -0.466 e. The summed E-state index contributed by atoms with van der Waals surface area (Å²) in [5.41, 5.74) is 2.72. The summed E-state index contributed by atoms with van der Waals surface area (Å²) in [5.74, 6) is 0.884. The third-order valence-corrected chi connectivity index (χ3v) is 8.08. The molecule has 0 spiro atoms. The van der Waals surface area contributed by atoms with Gasteiger partial charge in [0.05, 0.1) is 12.5 Å². The molecule has 0 amide bonds. The van der Waals surface area contributed by atoms with E-state index < -0.39 is 0 Å². The van der Waals surface area contributed by atoms with Crippen molar-refractivity contribution in [2.24, 2.45) is 35.5 Å². The molecule has 1 saturated heterocycles. The Morgan fingerprint density at radius 2 is 2.00 bits per heavy atom. The van der Waals surface area contributed by atoms with Crippen LogP contribution in [0.15, 0.2) is 42.6 Å². The molecule has 7 atom stereocenters. The lowest BCUT2D eigenvalue weighted by Crippen LogP contribution is -2.44. The Labute approximate surface area is 193 Å². The molecular weight excluding hydrogens is 421 g/mol. The van der Waals surface area contributed by atoms with Crippen molar-refractivity contribution in [2.45, 2.75) is 45.6 Å². The van der Waals surface area contributed by atoms with Gasteiger partial charge in [0.15, 0.2) is 0 Å². The minimum atomic E-state index is -0.270. The third-order valence-electron chi connectivity index (χ3n) is 8.08. The molecule has 1 aromatic carbocycles. The fourth-order valence-electron chi connectivity index (χ4n) is 6.77. The predicted octanol–water partition coefficient (Wildman–Crippen LogP) is 4.83. The summed E-state index contributed by atoms with van der Waals surface area (Å²) in [7, 11) is 0. The Bertz CT molecular complexity index is 1040. The van der Waals surface area contributed by atoms with E-state index >= 15 is 0 Å². The third kappa shape index (κ3) is 4.28. The number of hydrogen-bond donors (Lipinski definition) is 0. The summed E-state index contributed by atoms with van der Waals surface area (Å²) < 4.78 is 24.6. The van der Waals surface area contributed by atoms with E-state index in [4.69, 9.17) is 14.5 Å². The second-order valence-electron chi connectivity index (χ2n) is 9.96. The van der Waals surface area contributed by atoms with Crippen molar-refractivity contribution in [1.82, 2.24) is 4.98 Å². The van der Waals surface area contributed by atoms with Gasteiger partial charge in [-0.25, -0.2) is 4.39 Å². The monoisotopic (exact) mass is 451 g/mol. The second kappa shape index (κ2) is 8.88. The van der Waals surface area contributed by atoms with E-state index in [0.29, 0.717) is 24.4 Å². The molecule has 1 aliphatic heterocycles. The quantitative estimate of drug-likeness (QED) is 0.609. The molecule has 6 heteroatoms. The van der Waals surface area contributed by atoms with Gasteiger partial charge in [0.25, 0.3) is 0 Å². The van der Waals surface area contributed by atoms with Gasteiger partial charge in [-0.1, -0.05) is 18.2 Å². The lowest BCUT2D eigenvalue weighted by Gasteiger charge is -2.42. The molecule has 2 saturated carbocycles. The molecule has 5 nitrogen and oxygen atoms in total. The van der Waals surface area contributed by atoms with Crippen LogP contribution < -0.4 is 0 Å². The van der Waals surface area contributed by atoms with Crippen LogP contribution in [0.4, 0.5) is 4.39 Å². The van der Waals surface area contributed by atoms with Gasteiger partial charge < -0.3 is 9.47 Å². The number of esters is 2. The topological polar surface area (TPSA) is 65.5 Å². The fraction of sp³-hybridized carbons (Fsp3) is 0.519. The minimum absolute atomic E-state index is 0.0754. The Hall–Kier alpha value is -2.76. The van der Waals surface area contributed by atoms with Gasteiger partial charge in [0, 0.05) is 30.3 Å². The van der Waals surface area contributed by atoms with Crippen molar-refractivity contribution >= 4 is 11.9 Å². The largest absolute Gasteiger partial charge is 0.466 e. The molecule has 1 aromatic heterocycles. The van der Waals surface area contributed by atoms with Crippen LogP contribution in [0.25, 0.3) is 11.1 Å². The molecule has 5 rings (SSSR count). The molecule has 2 aromatic rings. The number of carbonyl (C=O) groups is 2. The van der Waals surface area contributed by atoms with Crippen LogP contribution >= 0.6 is 0 Å². The number of aromatic nitrogens is 1. The maximum atomic E-state index is 13.6. The average molecular weight is 452 g/mol. The zero-order valence-corrected chi connectivity index (χ0v) is 19.1. The summed E-state index contributed by atoms with van der Waals surface area (Å²) in [6, 6.07) is 10.6. The van der Waals surface area contributed by atoms with E-state index in [0.717, 1.165) is 42.5 Å². The van der Waals surface area contributed by atoms with Crippen molar-refractivity contribution in [1.29, 1.82) is 0 Å². The van der Waals surface area contributed by atoms with E-state index in [1.54, 1.807) is 6.07 Å². The lowest BCUT2D eigenvalue weighted by atomic mass is 9.60. The molecule has 174 valence electrons. The van der Waals surface area contributed by atoms with Crippen LogP contribution in [0, 0.1) is 41.3 Å². The SMILES string of the molecule is CC(=O)OC[C@H]1C[C@H]2C(=O)O[C@H](C)[C@H]2[C@H]2C(Cc3ccc(-c4cccc(F)c4)cn3)CCC12. The number of cyclic esters (lactones) is 1. The Morgan fingerprint density at radius 1 is 1.15 bits per heavy atom. The summed E-state index contributed by atoms with van der Waals surface area (Å²) in [6.07, 6.45) is 5.48. The van der Waals surface area contributed by atoms with E-state index in [-0.39, 0.29) is 41.6 Å². The molecular formula is C27H30FNO4. The molecule has 0 N–H and O–H groups in total. The van der Waals surface area contributed by atoms with E-state index in [1.165, 1.54) is 19.1 Å². The normalized spacial score (nSPS) is 32.7. The van der Waals surface area contributed by atoms with Gasteiger partial charge in [0.2, 0.25) is 0 Å². The van der Waals surface area contributed by atoms with Gasteiger partial charge in [-0.15, -0.1) is 0 Å². The van der Waals surface area contributed by atoms with Crippen LogP contribution in [0.1, 0.15) is 38.8 Å². The average Bonchev–Trinajstić information content (AvgIpc) is 3.33. The van der Waals surface area contributed by atoms with Crippen molar-refractivity contribution in [3.05, 3.63) is 54.1 Å².